The fourth-order valence-corrected chi connectivity index (χ4v) is 2.45. The average molecular weight is 330 g/mol. The molecule has 1 aromatic heterocycles. The average Bonchev–Trinajstić information content (AvgIpc) is 3.01. The Kier molecular flexibility index (Phi) is 4.39. The summed E-state index contributed by atoms with van der Waals surface area (Å²) < 4.78 is 10.8. The molecule has 2 aromatic rings. The van der Waals surface area contributed by atoms with Crippen molar-refractivity contribution in [1.29, 1.82) is 0 Å². The number of ether oxygens (including phenoxy) is 2. The number of rotatable bonds is 5. The van der Waals surface area contributed by atoms with Crippen LogP contribution in [0.5, 0.6) is 11.5 Å². The van der Waals surface area contributed by atoms with Gasteiger partial charge in [0.05, 0.1) is 6.04 Å². The normalized spacial score (nSPS) is 14.0. The second-order valence-corrected chi connectivity index (χ2v) is 6.02. The van der Waals surface area contributed by atoms with Crippen molar-refractivity contribution >= 4 is 11.9 Å². The molecule has 0 unspecified atom stereocenters. The van der Waals surface area contributed by atoms with Crippen molar-refractivity contribution in [2.24, 2.45) is 0 Å². The zero-order valence-corrected chi connectivity index (χ0v) is 14.4. The maximum atomic E-state index is 5.81. The molecule has 8 nitrogen and oxygen atoms in total. The molecule has 0 spiro atoms. The van der Waals surface area contributed by atoms with Gasteiger partial charge in [0.2, 0.25) is 18.7 Å². The van der Waals surface area contributed by atoms with Crippen molar-refractivity contribution < 1.29 is 9.47 Å². The van der Waals surface area contributed by atoms with Crippen LogP contribution in [0.15, 0.2) is 18.2 Å². The van der Waals surface area contributed by atoms with Crippen LogP contribution in [0.4, 0.5) is 11.9 Å². The zero-order chi connectivity index (χ0) is 17.3. The second-order valence-electron chi connectivity index (χ2n) is 6.02. The van der Waals surface area contributed by atoms with Gasteiger partial charge in [-0.3, -0.25) is 4.90 Å². The third-order valence-electron chi connectivity index (χ3n) is 3.96. The van der Waals surface area contributed by atoms with Crippen LogP contribution in [-0.4, -0.2) is 47.8 Å². The van der Waals surface area contributed by atoms with E-state index in [0.29, 0.717) is 11.8 Å². The van der Waals surface area contributed by atoms with Gasteiger partial charge in [0.15, 0.2) is 17.3 Å². The summed E-state index contributed by atoms with van der Waals surface area (Å²) in [5.74, 6) is 3.01. The fourth-order valence-electron chi connectivity index (χ4n) is 2.45. The molecular formula is C16H22N6O2. The van der Waals surface area contributed by atoms with Gasteiger partial charge in [-0.05, 0) is 31.7 Å². The first-order valence-electron chi connectivity index (χ1n) is 7.71. The number of nitrogens with two attached hydrogens (primary N) is 1. The van der Waals surface area contributed by atoms with Crippen LogP contribution in [0.1, 0.15) is 24.4 Å². The summed E-state index contributed by atoms with van der Waals surface area (Å²) in [5, 5.41) is 0. The van der Waals surface area contributed by atoms with E-state index in [1.165, 1.54) is 0 Å². The van der Waals surface area contributed by atoms with E-state index in [-0.39, 0.29) is 18.8 Å². The highest BCUT2D eigenvalue weighted by molar-refractivity contribution is 5.44. The molecule has 0 radical (unpaired) electrons. The van der Waals surface area contributed by atoms with Crippen molar-refractivity contribution in [3.8, 4) is 11.5 Å². The Morgan fingerprint density at radius 3 is 2.62 bits per heavy atom. The van der Waals surface area contributed by atoms with Crippen molar-refractivity contribution in [2.45, 2.75) is 19.5 Å². The van der Waals surface area contributed by atoms with E-state index in [4.69, 9.17) is 15.2 Å². The first-order valence-corrected chi connectivity index (χ1v) is 7.71. The highest BCUT2D eigenvalue weighted by Crippen LogP contribution is 2.33. The number of hydrogen-bond acceptors (Lipinski definition) is 8. The van der Waals surface area contributed by atoms with E-state index < -0.39 is 0 Å². The molecule has 1 aliphatic rings. The van der Waals surface area contributed by atoms with Crippen LogP contribution in [0.2, 0.25) is 0 Å². The maximum Gasteiger partial charge on any atom is 0.231 e. The molecule has 0 amide bonds. The van der Waals surface area contributed by atoms with Gasteiger partial charge in [-0.2, -0.15) is 15.0 Å². The molecule has 2 N–H and O–H groups in total. The Hall–Kier alpha value is -2.61. The summed E-state index contributed by atoms with van der Waals surface area (Å²) in [6.45, 7) is 3.05. The van der Waals surface area contributed by atoms with Crippen LogP contribution in [0.25, 0.3) is 0 Å². The molecule has 8 heteroatoms. The van der Waals surface area contributed by atoms with Gasteiger partial charge in [-0.1, -0.05) is 6.07 Å². The minimum absolute atomic E-state index is 0.0144. The standard InChI is InChI=1S/C16H22N6O2/c1-10(14-18-15(17)20-16(19-14)21(2)3)22(4)8-11-5-6-12-13(7-11)24-9-23-12/h5-7,10H,8-9H2,1-4H3,(H2,17,18,19,20)/t10-/m0/s1. The Morgan fingerprint density at radius 2 is 1.88 bits per heavy atom. The van der Waals surface area contributed by atoms with E-state index in [9.17, 15) is 0 Å². The molecule has 0 aliphatic carbocycles. The molecule has 1 atom stereocenters. The molecule has 0 saturated heterocycles. The highest BCUT2D eigenvalue weighted by Gasteiger charge is 2.19. The van der Waals surface area contributed by atoms with E-state index >= 15 is 0 Å². The largest absolute Gasteiger partial charge is 0.454 e. The molecule has 24 heavy (non-hydrogen) atoms. The van der Waals surface area contributed by atoms with Crippen molar-refractivity contribution in [3.63, 3.8) is 0 Å². The van der Waals surface area contributed by atoms with Gasteiger partial charge in [0.25, 0.3) is 0 Å². The number of benzene rings is 1. The number of fused-ring (bicyclic) bond motifs is 1. The maximum absolute atomic E-state index is 5.81. The van der Waals surface area contributed by atoms with E-state index in [1.54, 1.807) is 0 Å². The molecule has 2 heterocycles. The summed E-state index contributed by atoms with van der Waals surface area (Å²) in [4.78, 5) is 16.9. The Labute approximate surface area is 141 Å². The number of anilines is 2. The lowest BCUT2D eigenvalue weighted by molar-refractivity contribution is 0.174. The lowest BCUT2D eigenvalue weighted by Gasteiger charge is -2.24. The summed E-state index contributed by atoms with van der Waals surface area (Å²) in [6.07, 6.45) is 0. The number of hydrogen-bond donors (Lipinski definition) is 1. The predicted octanol–water partition coefficient (Wildman–Crippen LogP) is 1.44. The Balaban J connectivity index is 1.76. The summed E-state index contributed by atoms with van der Waals surface area (Å²) in [7, 11) is 5.77. The van der Waals surface area contributed by atoms with Gasteiger partial charge in [0, 0.05) is 20.6 Å². The zero-order valence-electron chi connectivity index (χ0n) is 14.4. The molecule has 0 bridgehead atoms. The van der Waals surface area contributed by atoms with Crippen molar-refractivity contribution in [1.82, 2.24) is 19.9 Å². The number of nitrogens with zero attached hydrogens (tertiary/aromatic N) is 5. The minimum Gasteiger partial charge on any atom is -0.454 e. The van der Waals surface area contributed by atoms with Crippen LogP contribution in [0, 0.1) is 0 Å². The van der Waals surface area contributed by atoms with Gasteiger partial charge >= 0.3 is 0 Å². The second kappa shape index (κ2) is 6.48. The number of nitrogen functional groups attached to an aromatic ring is 1. The fraction of sp³-hybridized carbons (Fsp3) is 0.438. The molecule has 3 rings (SSSR count). The van der Waals surface area contributed by atoms with E-state index in [1.807, 2.05) is 51.2 Å². The van der Waals surface area contributed by atoms with E-state index in [2.05, 4.69) is 19.9 Å². The van der Waals surface area contributed by atoms with Gasteiger partial charge in [0.1, 0.15) is 0 Å². The first-order chi connectivity index (χ1) is 11.4. The molecule has 0 fully saturated rings. The third kappa shape index (κ3) is 3.33. The van der Waals surface area contributed by atoms with Crippen LogP contribution >= 0.6 is 0 Å². The molecular weight excluding hydrogens is 308 g/mol. The Bertz CT molecular complexity index is 737. The van der Waals surface area contributed by atoms with Crippen LogP contribution in [-0.2, 0) is 6.54 Å². The molecule has 1 aromatic carbocycles. The molecule has 128 valence electrons. The first kappa shape index (κ1) is 16.3. The van der Waals surface area contributed by atoms with Gasteiger partial charge in [-0.15, -0.1) is 0 Å². The van der Waals surface area contributed by atoms with E-state index in [0.717, 1.165) is 23.6 Å². The smallest absolute Gasteiger partial charge is 0.231 e. The predicted molar refractivity (Wildman–Crippen MR) is 91.0 cm³/mol. The lowest BCUT2D eigenvalue weighted by atomic mass is 10.1. The minimum atomic E-state index is -0.0144. The van der Waals surface area contributed by atoms with Crippen LogP contribution in [0.3, 0.4) is 0 Å². The third-order valence-corrected chi connectivity index (χ3v) is 3.96. The lowest BCUT2D eigenvalue weighted by Crippen LogP contribution is -2.25. The molecule has 1 aliphatic heterocycles. The summed E-state index contributed by atoms with van der Waals surface area (Å²) in [5.41, 5.74) is 6.94. The van der Waals surface area contributed by atoms with Crippen molar-refractivity contribution in [3.05, 3.63) is 29.6 Å². The topological polar surface area (TPSA) is 89.6 Å². The van der Waals surface area contributed by atoms with Crippen LogP contribution < -0.4 is 20.1 Å². The van der Waals surface area contributed by atoms with Crippen molar-refractivity contribution in [2.75, 3.05) is 38.6 Å². The van der Waals surface area contributed by atoms with Gasteiger partial charge in [-0.25, -0.2) is 0 Å². The Morgan fingerprint density at radius 1 is 1.12 bits per heavy atom. The SMILES string of the molecule is C[C@@H](c1nc(N)nc(N(C)C)n1)N(C)Cc1ccc2c(c1)OCO2. The monoisotopic (exact) mass is 330 g/mol. The summed E-state index contributed by atoms with van der Waals surface area (Å²) >= 11 is 0. The van der Waals surface area contributed by atoms with Gasteiger partial charge < -0.3 is 20.1 Å². The highest BCUT2D eigenvalue weighted by atomic mass is 16.7. The quantitative estimate of drug-likeness (QED) is 0.881. The number of aromatic nitrogens is 3. The summed E-state index contributed by atoms with van der Waals surface area (Å²) in [6, 6.07) is 5.95. The molecule has 0 saturated carbocycles.